The zero-order valence-corrected chi connectivity index (χ0v) is 20.4. The van der Waals surface area contributed by atoms with E-state index in [1.165, 1.54) is 12.1 Å². The Hall–Kier alpha value is -2.45. The van der Waals surface area contributed by atoms with Gasteiger partial charge in [0, 0.05) is 23.7 Å². The topological polar surface area (TPSA) is 67.7 Å². The van der Waals surface area contributed by atoms with Gasteiger partial charge in [0.25, 0.3) is 0 Å². The highest BCUT2D eigenvalue weighted by Crippen LogP contribution is 2.36. The molecule has 3 heterocycles. The quantitative estimate of drug-likeness (QED) is 0.317. The van der Waals surface area contributed by atoms with Crippen molar-refractivity contribution in [1.29, 1.82) is 0 Å². The minimum atomic E-state index is -0.344. The van der Waals surface area contributed by atoms with E-state index >= 15 is 0 Å². The molecule has 1 atom stereocenters. The number of benzene rings is 2. The number of imidazole rings is 1. The Morgan fingerprint density at radius 1 is 1.12 bits per heavy atom. The van der Waals surface area contributed by atoms with Gasteiger partial charge in [0.2, 0.25) is 5.95 Å². The summed E-state index contributed by atoms with van der Waals surface area (Å²) in [6.07, 6.45) is 3.88. The Bertz CT molecular complexity index is 1320. The number of hydrogen-bond acceptors (Lipinski definition) is 5. The molecule has 4 aromatic rings. The molecule has 0 radical (unpaired) electrons. The van der Waals surface area contributed by atoms with Crippen LogP contribution < -0.4 is 10.6 Å². The average Bonchev–Trinajstić information content (AvgIpc) is 3.17. The van der Waals surface area contributed by atoms with Gasteiger partial charge in [-0.3, -0.25) is 0 Å². The van der Waals surface area contributed by atoms with Crippen LogP contribution in [0.2, 0.25) is 15.1 Å². The molecular weight excluding hydrogens is 498 g/mol. The molecule has 1 unspecified atom stereocenters. The van der Waals surface area contributed by atoms with E-state index in [4.69, 9.17) is 44.8 Å². The fourth-order valence-corrected chi connectivity index (χ4v) is 5.03. The van der Waals surface area contributed by atoms with E-state index in [2.05, 4.69) is 20.2 Å². The number of fused-ring (bicyclic) bond motifs is 1. The summed E-state index contributed by atoms with van der Waals surface area (Å²) in [6.45, 7) is 2.85. The molecule has 0 saturated carbocycles. The normalized spacial score (nSPS) is 16.2. The second kappa shape index (κ2) is 10.0. The third-order valence-corrected chi connectivity index (χ3v) is 6.82. The van der Waals surface area contributed by atoms with Crippen molar-refractivity contribution in [2.24, 2.45) is 5.92 Å². The Balaban J connectivity index is 1.54. The number of hydrogen-bond donors (Lipinski definition) is 2. The van der Waals surface area contributed by atoms with Crippen LogP contribution >= 0.6 is 34.8 Å². The number of nitrogens with zero attached hydrogens (tertiary/aromatic N) is 4. The summed E-state index contributed by atoms with van der Waals surface area (Å²) in [7, 11) is 0. The molecule has 1 fully saturated rings. The molecule has 0 spiro atoms. The Labute approximate surface area is 211 Å². The van der Waals surface area contributed by atoms with E-state index in [9.17, 15) is 4.39 Å². The van der Waals surface area contributed by atoms with Gasteiger partial charge in [-0.25, -0.2) is 14.4 Å². The fraction of sp³-hybridized carbons (Fsp3) is 0.292. The first-order valence-corrected chi connectivity index (χ1v) is 12.2. The second-order valence-corrected chi connectivity index (χ2v) is 9.60. The molecule has 2 aromatic carbocycles. The van der Waals surface area contributed by atoms with Gasteiger partial charge in [-0.2, -0.15) is 4.98 Å². The lowest BCUT2D eigenvalue weighted by molar-refractivity contribution is 0.341. The lowest BCUT2D eigenvalue weighted by atomic mass is 9.99. The number of rotatable bonds is 6. The SMILES string of the molecule is Fc1ccc(Cl)cc1CNc1ncc2nc(-c3c(Cl)cccc3Cl)n(CC3CCCNC3)c2n1. The number of nitrogens with one attached hydrogen (secondary N) is 2. The van der Waals surface area contributed by atoms with Gasteiger partial charge in [0.15, 0.2) is 5.65 Å². The van der Waals surface area contributed by atoms with Crippen molar-refractivity contribution in [2.75, 3.05) is 18.4 Å². The molecule has 176 valence electrons. The molecule has 34 heavy (non-hydrogen) atoms. The minimum absolute atomic E-state index is 0.196. The maximum Gasteiger partial charge on any atom is 0.225 e. The van der Waals surface area contributed by atoms with Gasteiger partial charge in [-0.15, -0.1) is 0 Å². The summed E-state index contributed by atoms with van der Waals surface area (Å²) in [5.41, 5.74) is 2.40. The van der Waals surface area contributed by atoms with Crippen LogP contribution in [0.5, 0.6) is 0 Å². The van der Waals surface area contributed by atoms with Crippen molar-refractivity contribution in [3.63, 3.8) is 0 Å². The number of anilines is 1. The predicted molar refractivity (Wildman–Crippen MR) is 135 cm³/mol. The summed E-state index contributed by atoms with van der Waals surface area (Å²) in [6, 6.07) is 9.85. The molecule has 0 aliphatic carbocycles. The molecule has 2 aromatic heterocycles. The maximum atomic E-state index is 14.1. The van der Waals surface area contributed by atoms with Crippen molar-refractivity contribution in [2.45, 2.75) is 25.9 Å². The van der Waals surface area contributed by atoms with E-state index in [0.29, 0.717) is 61.6 Å². The lowest BCUT2D eigenvalue weighted by Gasteiger charge is -2.24. The number of piperidine rings is 1. The monoisotopic (exact) mass is 518 g/mol. The maximum absolute atomic E-state index is 14.1. The van der Waals surface area contributed by atoms with E-state index in [-0.39, 0.29) is 12.4 Å². The molecule has 10 heteroatoms. The van der Waals surface area contributed by atoms with Crippen LogP contribution in [0.4, 0.5) is 10.3 Å². The molecule has 0 amide bonds. The average molecular weight is 520 g/mol. The van der Waals surface area contributed by atoms with Crippen molar-refractivity contribution in [3.05, 3.63) is 69.0 Å². The first kappa shape index (κ1) is 23.3. The van der Waals surface area contributed by atoms with E-state index in [1.807, 2.05) is 6.07 Å². The van der Waals surface area contributed by atoms with Crippen LogP contribution in [0.15, 0.2) is 42.6 Å². The third kappa shape index (κ3) is 4.84. The van der Waals surface area contributed by atoms with Gasteiger partial charge in [-0.05, 0) is 62.2 Å². The smallest absolute Gasteiger partial charge is 0.225 e. The van der Waals surface area contributed by atoms with Gasteiger partial charge >= 0.3 is 0 Å². The van der Waals surface area contributed by atoms with E-state index in [1.54, 1.807) is 24.4 Å². The van der Waals surface area contributed by atoms with Crippen molar-refractivity contribution in [3.8, 4) is 11.4 Å². The van der Waals surface area contributed by atoms with Crippen molar-refractivity contribution >= 4 is 51.9 Å². The van der Waals surface area contributed by atoms with Crippen LogP contribution in [0.25, 0.3) is 22.6 Å². The van der Waals surface area contributed by atoms with Crippen molar-refractivity contribution in [1.82, 2.24) is 24.8 Å². The first-order chi connectivity index (χ1) is 16.5. The lowest BCUT2D eigenvalue weighted by Crippen LogP contribution is -2.32. The third-order valence-electron chi connectivity index (χ3n) is 5.96. The highest BCUT2D eigenvalue weighted by molar-refractivity contribution is 6.39. The zero-order chi connectivity index (χ0) is 23.7. The Morgan fingerprint density at radius 2 is 1.94 bits per heavy atom. The van der Waals surface area contributed by atoms with E-state index in [0.717, 1.165) is 25.9 Å². The fourth-order valence-electron chi connectivity index (χ4n) is 4.27. The standard InChI is InChI=1S/C24H22Cl3FN6/c25-16-6-7-19(28)15(9-16)11-30-24-31-12-20-22(33-24)34(13-14-3-2-8-29-10-14)23(32-20)21-17(26)4-1-5-18(21)27/h1,4-7,9,12,14,29H,2-3,8,10-11,13H2,(H,30,31,33). The molecule has 1 saturated heterocycles. The summed E-state index contributed by atoms with van der Waals surface area (Å²) < 4.78 is 16.2. The molecule has 2 N–H and O–H groups in total. The summed E-state index contributed by atoms with van der Waals surface area (Å²) in [5, 5.41) is 8.07. The molecular formula is C24H22Cl3FN6. The predicted octanol–water partition coefficient (Wildman–Crippen LogP) is 6.20. The largest absolute Gasteiger partial charge is 0.350 e. The minimum Gasteiger partial charge on any atom is -0.350 e. The highest BCUT2D eigenvalue weighted by Gasteiger charge is 2.23. The first-order valence-electron chi connectivity index (χ1n) is 11.1. The van der Waals surface area contributed by atoms with E-state index < -0.39 is 0 Å². The van der Waals surface area contributed by atoms with Crippen molar-refractivity contribution < 1.29 is 4.39 Å². The molecule has 6 nitrogen and oxygen atoms in total. The van der Waals surface area contributed by atoms with Crippen LogP contribution in [-0.4, -0.2) is 32.6 Å². The Kier molecular flexibility index (Phi) is 6.88. The summed E-state index contributed by atoms with van der Waals surface area (Å²) >= 11 is 19.1. The van der Waals surface area contributed by atoms with Crippen LogP contribution in [0, 0.1) is 11.7 Å². The van der Waals surface area contributed by atoms with Crippen LogP contribution in [-0.2, 0) is 13.1 Å². The number of halogens is 4. The van der Waals surface area contributed by atoms with Gasteiger partial charge in [-0.1, -0.05) is 40.9 Å². The second-order valence-electron chi connectivity index (χ2n) is 8.35. The summed E-state index contributed by atoms with van der Waals surface area (Å²) in [5.74, 6) is 1.09. The van der Waals surface area contributed by atoms with Crippen LogP contribution in [0.3, 0.4) is 0 Å². The summed E-state index contributed by atoms with van der Waals surface area (Å²) in [4.78, 5) is 13.9. The molecule has 1 aliphatic heterocycles. The Morgan fingerprint density at radius 3 is 2.71 bits per heavy atom. The molecule has 5 rings (SSSR count). The molecule has 1 aliphatic rings. The van der Waals surface area contributed by atoms with Crippen LogP contribution in [0.1, 0.15) is 18.4 Å². The van der Waals surface area contributed by atoms with Gasteiger partial charge in [0.1, 0.15) is 17.2 Å². The van der Waals surface area contributed by atoms with Gasteiger partial charge in [0.05, 0.1) is 21.8 Å². The highest BCUT2D eigenvalue weighted by atomic mass is 35.5. The number of aromatic nitrogens is 4. The molecule has 0 bridgehead atoms. The zero-order valence-electron chi connectivity index (χ0n) is 18.2. The van der Waals surface area contributed by atoms with Gasteiger partial charge < -0.3 is 15.2 Å².